The molecule has 23 heavy (non-hydrogen) atoms. The number of hydrogen-bond acceptors (Lipinski definition) is 3. The van der Waals surface area contributed by atoms with Crippen molar-refractivity contribution in [2.24, 2.45) is 0 Å². The fourth-order valence-electron chi connectivity index (χ4n) is 2.82. The number of carbonyl (C=O) groups is 1. The number of carbonyl (C=O) groups excluding carboxylic acids is 1. The van der Waals surface area contributed by atoms with Crippen molar-refractivity contribution < 1.29 is 22.7 Å². The largest absolute Gasteiger partial charge is 0.416 e. The summed E-state index contributed by atoms with van der Waals surface area (Å²) >= 11 is 0. The van der Waals surface area contributed by atoms with Gasteiger partial charge in [0.05, 0.1) is 18.2 Å². The van der Waals surface area contributed by atoms with Gasteiger partial charge in [0.1, 0.15) is 0 Å². The molecule has 2 rings (SSSR count). The monoisotopic (exact) mass is 330 g/mol. The Kier molecular flexibility index (Phi) is 5.64. The lowest BCUT2D eigenvalue weighted by Gasteiger charge is -2.41. The third kappa shape index (κ3) is 4.45. The molecule has 1 aliphatic rings. The van der Waals surface area contributed by atoms with Crippen molar-refractivity contribution >= 4 is 5.91 Å². The summed E-state index contributed by atoms with van der Waals surface area (Å²) in [6, 6.07) is 4.83. The standard InChI is InChI=1S/C16H21F3N2O2/c1-12(22)21-8-7-20(9-10-23-2)11-15(21)13-3-5-14(6-4-13)16(17,18)19/h3-6,15H,7-11H2,1-2H3/t15-/m1/s1. The van der Waals surface area contributed by atoms with Crippen LogP contribution < -0.4 is 0 Å². The van der Waals surface area contributed by atoms with Gasteiger partial charge in [0.2, 0.25) is 5.91 Å². The van der Waals surface area contributed by atoms with Crippen molar-refractivity contribution in [3.63, 3.8) is 0 Å². The van der Waals surface area contributed by atoms with E-state index in [1.165, 1.54) is 19.1 Å². The first-order valence-electron chi connectivity index (χ1n) is 7.48. The molecule has 0 saturated carbocycles. The van der Waals surface area contributed by atoms with Gasteiger partial charge in [0.25, 0.3) is 0 Å². The molecule has 0 unspecified atom stereocenters. The number of ether oxygens (including phenoxy) is 1. The molecule has 1 heterocycles. The summed E-state index contributed by atoms with van der Waals surface area (Å²) in [6.45, 7) is 4.69. The van der Waals surface area contributed by atoms with Crippen molar-refractivity contribution in [2.45, 2.75) is 19.1 Å². The summed E-state index contributed by atoms with van der Waals surface area (Å²) in [5, 5.41) is 0. The van der Waals surface area contributed by atoms with Gasteiger partial charge in [-0.2, -0.15) is 13.2 Å². The number of hydrogen-bond donors (Lipinski definition) is 0. The molecule has 1 saturated heterocycles. The lowest BCUT2D eigenvalue weighted by Crippen LogP contribution is -2.50. The first-order valence-corrected chi connectivity index (χ1v) is 7.48. The molecular weight excluding hydrogens is 309 g/mol. The fraction of sp³-hybridized carbons (Fsp3) is 0.562. The number of rotatable bonds is 4. The van der Waals surface area contributed by atoms with Crippen molar-refractivity contribution in [1.29, 1.82) is 0 Å². The zero-order valence-corrected chi connectivity index (χ0v) is 13.3. The van der Waals surface area contributed by atoms with E-state index in [4.69, 9.17) is 4.74 Å². The third-order valence-corrected chi connectivity index (χ3v) is 4.10. The number of methoxy groups -OCH3 is 1. The van der Waals surface area contributed by atoms with Crippen LogP contribution in [0.3, 0.4) is 0 Å². The van der Waals surface area contributed by atoms with E-state index in [1.807, 2.05) is 0 Å². The van der Waals surface area contributed by atoms with E-state index < -0.39 is 11.7 Å². The van der Waals surface area contributed by atoms with Crippen LogP contribution in [0.15, 0.2) is 24.3 Å². The maximum atomic E-state index is 12.7. The summed E-state index contributed by atoms with van der Waals surface area (Å²) in [4.78, 5) is 15.7. The zero-order valence-electron chi connectivity index (χ0n) is 13.3. The average molecular weight is 330 g/mol. The molecule has 1 aromatic rings. The smallest absolute Gasteiger partial charge is 0.383 e. The van der Waals surface area contributed by atoms with Crippen LogP contribution in [0.25, 0.3) is 0 Å². The van der Waals surface area contributed by atoms with E-state index in [-0.39, 0.29) is 11.9 Å². The highest BCUT2D eigenvalue weighted by Crippen LogP contribution is 2.32. The first-order chi connectivity index (χ1) is 10.8. The summed E-state index contributed by atoms with van der Waals surface area (Å²) < 4.78 is 43.1. The maximum Gasteiger partial charge on any atom is 0.416 e. The summed E-state index contributed by atoms with van der Waals surface area (Å²) in [5.74, 6) is -0.0683. The number of alkyl halides is 3. The van der Waals surface area contributed by atoms with Gasteiger partial charge in [-0.1, -0.05) is 12.1 Å². The highest BCUT2D eigenvalue weighted by Gasteiger charge is 2.32. The van der Waals surface area contributed by atoms with Gasteiger partial charge in [-0.05, 0) is 17.7 Å². The predicted octanol–water partition coefficient (Wildman–Crippen LogP) is 2.56. The Hall–Kier alpha value is -1.60. The minimum absolute atomic E-state index is 0.0683. The molecule has 0 N–H and O–H groups in total. The summed E-state index contributed by atoms with van der Waals surface area (Å²) in [5.41, 5.74) is 0.0398. The van der Waals surface area contributed by atoms with E-state index >= 15 is 0 Å². The van der Waals surface area contributed by atoms with Gasteiger partial charge in [-0.25, -0.2) is 0 Å². The quantitative estimate of drug-likeness (QED) is 0.851. The van der Waals surface area contributed by atoms with Gasteiger partial charge < -0.3 is 9.64 Å². The molecule has 0 aliphatic carbocycles. The Labute approximate surface area is 133 Å². The molecular formula is C16H21F3N2O2. The Morgan fingerprint density at radius 1 is 1.26 bits per heavy atom. The second-order valence-corrected chi connectivity index (χ2v) is 5.64. The zero-order chi connectivity index (χ0) is 17.0. The molecule has 0 spiro atoms. The summed E-state index contributed by atoms with van der Waals surface area (Å²) in [7, 11) is 1.62. The number of benzene rings is 1. The van der Waals surface area contributed by atoms with Crippen molar-refractivity contribution in [3.05, 3.63) is 35.4 Å². The molecule has 1 aromatic carbocycles. The number of halogens is 3. The molecule has 1 fully saturated rings. The first kappa shape index (κ1) is 17.7. The predicted molar refractivity (Wildman–Crippen MR) is 79.9 cm³/mol. The van der Waals surface area contributed by atoms with Crippen LogP contribution in [0, 0.1) is 0 Å². The highest BCUT2D eigenvalue weighted by atomic mass is 19.4. The van der Waals surface area contributed by atoms with Crippen LogP contribution >= 0.6 is 0 Å². The van der Waals surface area contributed by atoms with Gasteiger partial charge in [-0.3, -0.25) is 9.69 Å². The summed E-state index contributed by atoms with van der Waals surface area (Å²) in [6.07, 6.45) is -4.35. The van der Waals surface area contributed by atoms with Crippen LogP contribution in [-0.4, -0.2) is 55.6 Å². The highest BCUT2D eigenvalue weighted by molar-refractivity contribution is 5.74. The maximum absolute atomic E-state index is 12.7. The Balaban J connectivity index is 2.19. The molecule has 1 aliphatic heterocycles. The lowest BCUT2D eigenvalue weighted by molar-refractivity contribution is -0.138. The second-order valence-electron chi connectivity index (χ2n) is 5.64. The third-order valence-electron chi connectivity index (χ3n) is 4.10. The normalized spacial score (nSPS) is 19.9. The van der Waals surface area contributed by atoms with Gasteiger partial charge in [0.15, 0.2) is 0 Å². The van der Waals surface area contributed by atoms with Crippen LogP contribution in [-0.2, 0) is 15.7 Å². The number of piperazine rings is 1. The SMILES string of the molecule is COCCN1CCN(C(C)=O)[C@@H](c2ccc(C(F)(F)F)cc2)C1. The van der Waals surface area contributed by atoms with E-state index in [0.717, 1.165) is 30.8 Å². The fourth-order valence-corrected chi connectivity index (χ4v) is 2.82. The molecule has 0 aromatic heterocycles. The Morgan fingerprint density at radius 2 is 1.91 bits per heavy atom. The second kappa shape index (κ2) is 7.31. The Morgan fingerprint density at radius 3 is 2.43 bits per heavy atom. The van der Waals surface area contributed by atoms with Crippen molar-refractivity contribution in [3.8, 4) is 0 Å². The molecule has 7 heteroatoms. The van der Waals surface area contributed by atoms with Crippen LogP contribution in [0.1, 0.15) is 24.1 Å². The molecule has 0 radical (unpaired) electrons. The van der Waals surface area contributed by atoms with Crippen LogP contribution in [0.5, 0.6) is 0 Å². The molecule has 4 nitrogen and oxygen atoms in total. The van der Waals surface area contributed by atoms with Crippen LogP contribution in [0.4, 0.5) is 13.2 Å². The molecule has 0 bridgehead atoms. The molecule has 128 valence electrons. The van der Waals surface area contributed by atoms with E-state index in [2.05, 4.69) is 4.90 Å². The van der Waals surface area contributed by atoms with Crippen molar-refractivity contribution in [2.75, 3.05) is 39.9 Å². The van der Waals surface area contributed by atoms with Gasteiger partial charge in [0, 0.05) is 40.2 Å². The van der Waals surface area contributed by atoms with Gasteiger partial charge in [-0.15, -0.1) is 0 Å². The molecule has 1 amide bonds. The Bertz CT molecular complexity index is 531. The van der Waals surface area contributed by atoms with E-state index in [1.54, 1.807) is 12.0 Å². The average Bonchev–Trinajstić information content (AvgIpc) is 2.51. The number of amides is 1. The minimum Gasteiger partial charge on any atom is -0.383 e. The minimum atomic E-state index is -4.35. The van der Waals surface area contributed by atoms with E-state index in [9.17, 15) is 18.0 Å². The lowest BCUT2D eigenvalue weighted by atomic mass is 10.0. The molecule has 1 atom stereocenters. The van der Waals surface area contributed by atoms with Gasteiger partial charge >= 0.3 is 6.18 Å². The van der Waals surface area contributed by atoms with Crippen LogP contribution in [0.2, 0.25) is 0 Å². The van der Waals surface area contributed by atoms with Crippen molar-refractivity contribution in [1.82, 2.24) is 9.80 Å². The van der Waals surface area contributed by atoms with E-state index in [0.29, 0.717) is 19.7 Å². The number of nitrogens with zero attached hydrogens (tertiary/aromatic N) is 2. The topological polar surface area (TPSA) is 32.8 Å².